The summed E-state index contributed by atoms with van der Waals surface area (Å²) in [5.41, 5.74) is 1.90. The Morgan fingerprint density at radius 1 is 1.60 bits per heavy atom. The van der Waals surface area contributed by atoms with E-state index in [0.717, 1.165) is 11.1 Å². The first kappa shape index (κ1) is 11.6. The maximum Gasteiger partial charge on any atom is 0.122 e. The van der Waals surface area contributed by atoms with Crippen molar-refractivity contribution in [1.29, 1.82) is 5.26 Å². The van der Waals surface area contributed by atoms with E-state index in [-0.39, 0.29) is 6.04 Å². The van der Waals surface area contributed by atoms with Crippen LogP contribution in [-0.4, -0.2) is 6.54 Å². The van der Waals surface area contributed by atoms with E-state index in [4.69, 9.17) is 23.3 Å². The minimum absolute atomic E-state index is 0.375. The Morgan fingerprint density at radius 3 is 2.87 bits per heavy atom. The Kier molecular flexibility index (Phi) is 4.18. The minimum atomic E-state index is -0.377. The number of nitrogens with zero attached hydrogens (tertiary/aromatic N) is 1. The van der Waals surface area contributed by atoms with Gasteiger partial charge in [-0.15, -0.1) is 6.42 Å². The van der Waals surface area contributed by atoms with Gasteiger partial charge in [0.15, 0.2) is 0 Å². The van der Waals surface area contributed by atoms with Crippen molar-refractivity contribution in [1.82, 2.24) is 5.32 Å². The molecule has 0 saturated heterocycles. The van der Waals surface area contributed by atoms with Gasteiger partial charge in [-0.1, -0.05) is 23.6 Å². The predicted octanol–water partition coefficient (Wildman–Crippen LogP) is 2.44. The van der Waals surface area contributed by atoms with E-state index in [1.165, 1.54) is 0 Å². The number of hydrogen-bond donors (Lipinski definition) is 1. The topological polar surface area (TPSA) is 35.8 Å². The lowest BCUT2D eigenvalue weighted by Crippen LogP contribution is -2.20. The molecule has 15 heavy (non-hydrogen) atoms. The van der Waals surface area contributed by atoms with E-state index in [1.54, 1.807) is 6.07 Å². The highest BCUT2D eigenvalue weighted by molar-refractivity contribution is 6.30. The van der Waals surface area contributed by atoms with Crippen LogP contribution in [0.5, 0.6) is 0 Å². The Hall–Kier alpha value is -1.48. The fourth-order valence-corrected chi connectivity index (χ4v) is 1.58. The first-order chi connectivity index (χ1) is 7.19. The summed E-state index contributed by atoms with van der Waals surface area (Å²) in [6.07, 6.45) is 5.13. The van der Waals surface area contributed by atoms with Crippen molar-refractivity contribution >= 4 is 11.6 Å². The van der Waals surface area contributed by atoms with Crippen molar-refractivity contribution < 1.29 is 0 Å². The van der Waals surface area contributed by atoms with E-state index in [0.29, 0.717) is 11.6 Å². The van der Waals surface area contributed by atoms with E-state index in [1.807, 2.05) is 19.1 Å². The second kappa shape index (κ2) is 5.41. The fourth-order valence-electron chi connectivity index (χ4n) is 1.35. The quantitative estimate of drug-likeness (QED) is 0.792. The van der Waals surface area contributed by atoms with Gasteiger partial charge in [0.05, 0.1) is 12.6 Å². The molecular weight excluding hydrogens is 208 g/mol. The molecule has 1 unspecified atom stereocenters. The van der Waals surface area contributed by atoms with Gasteiger partial charge in [0, 0.05) is 5.02 Å². The van der Waals surface area contributed by atoms with Gasteiger partial charge in [0.25, 0.3) is 0 Å². The van der Waals surface area contributed by atoms with Crippen LogP contribution < -0.4 is 5.32 Å². The molecule has 0 bridgehead atoms. The van der Waals surface area contributed by atoms with E-state index in [2.05, 4.69) is 17.3 Å². The van der Waals surface area contributed by atoms with Crippen LogP contribution in [0.4, 0.5) is 0 Å². The fraction of sp³-hybridized carbons (Fsp3) is 0.250. The summed E-state index contributed by atoms with van der Waals surface area (Å²) in [4.78, 5) is 0. The molecule has 1 aromatic carbocycles. The summed E-state index contributed by atoms with van der Waals surface area (Å²) in [5.74, 6) is 2.44. The van der Waals surface area contributed by atoms with Crippen molar-refractivity contribution in [3.63, 3.8) is 0 Å². The van der Waals surface area contributed by atoms with Gasteiger partial charge in [0.1, 0.15) is 6.04 Å². The average molecular weight is 219 g/mol. The predicted molar refractivity (Wildman–Crippen MR) is 61.4 cm³/mol. The molecule has 0 amide bonds. The van der Waals surface area contributed by atoms with E-state index < -0.39 is 0 Å². The summed E-state index contributed by atoms with van der Waals surface area (Å²) >= 11 is 5.83. The normalized spacial score (nSPS) is 11.5. The highest BCUT2D eigenvalue weighted by Gasteiger charge is 2.11. The van der Waals surface area contributed by atoms with E-state index in [9.17, 15) is 0 Å². The molecule has 0 aliphatic rings. The van der Waals surface area contributed by atoms with Crippen LogP contribution in [0.1, 0.15) is 17.2 Å². The van der Waals surface area contributed by atoms with Crippen LogP contribution in [-0.2, 0) is 0 Å². The zero-order chi connectivity index (χ0) is 11.3. The molecule has 1 N–H and O–H groups in total. The Balaban J connectivity index is 2.94. The molecule has 0 spiro atoms. The lowest BCUT2D eigenvalue weighted by atomic mass is 10.0. The van der Waals surface area contributed by atoms with Crippen molar-refractivity contribution in [3.8, 4) is 18.4 Å². The molecule has 0 aliphatic carbocycles. The zero-order valence-corrected chi connectivity index (χ0v) is 9.17. The highest BCUT2D eigenvalue weighted by Crippen LogP contribution is 2.20. The molecule has 2 nitrogen and oxygen atoms in total. The number of rotatable bonds is 3. The van der Waals surface area contributed by atoms with Gasteiger partial charge >= 0.3 is 0 Å². The van der Waals surface area contributed by atoms with Gasteiger partial charge in [-0.3, -0.25) is 5.32 Å². The molecule has 0 aliphatic heterocycles. The van der Waals surface area contributed by atoms with Crippen LogP contribution in [0.2, 0.25) is 5.02 Å². The lowest BCUT2D eigenvalue weighted by molar-refractivity contribution is 0.687. The van der Waals surface area contributed by atoms with Gasteiger partial charge < -0.3 is 0 Å². The zero-order valence-electron chi connectivity index (χ0n) is 8.42. The molecule has 1 atom stereocenters. The number of hydrogen-bond acceptors (Lipinski definition) is 2. The van der Waals surface area contributed by atoms with Gasteiger partial charge in [-0.2, -0.15) is 5.26 Å². The summed E-state index contributed by atoms with van der Waals surface area (Å²) in [5, 5.41) is 12.6. The third-order valence-electron chi connectivity index (χ3n) is 2.08. The number of terminal acetylenes is 1. The Labute approximate surface area is 94.9 Å². The molecule has 1 aromatic rings. The van der Waals surface area contributed by atoms with Gasteiger partial charge in [-0.05, 0) is 30.2 Å². The van der Waals surface area contributed by atoms with Gasteiger partial charge in [0.2, 0.25) is 0 Å². The largest absolute Gasteiger partial charge is 0.287 e. The number of aryl methyl sites for hydroxylation is 1. The Morgan fingerprint density at radius 2 is 2.33 bits per heavy atom. The third kappa shape index (κ3) is 2.99. The third-order valence-corrected chi connectivity index (χ3v) is 2.32. The van der Waals surface area contributed by atoms with Crippen molar-refractivity contribution in [2.45, 2.75) is 13.0 Å². The van der Waals surface area contributed by atoms with Crippen LogP contribution in [0, 0.1) is 30.6 Å². The molecule has 0 heterocycles. The first-order valence-electron chi connectivity index (χ1n) is 4.51. The standard InChI is InChI=1S/C12H11ClN2/c1-3-6-15-12(8-14)11-5-4-10(13)7-9(11)2/h1,4-5,7,12,15H,6H2,2H3. The molecule has 0 aromatic heterocycles. The average Bonchev–Trinajstić information content (AvgIpc) is 2.21. The smallest absolute Gasteiger partial charge is 0.122 e. The number of halogens is 1. The summed E-state index contributed by atoms with van der Waals surface area (Å²) < 4.78 is 0. The summed E-state index contributed by atoms with van der Waals surface area (Å²) in [6.45, 7) is 2.30. The maximum atomic E-state index is 8.99. The maximum absolute atomic E-state index is 8.99. The molecule has 0 radical (unpaired) electrons. The summed E-state index contributed by atoms with van der Waals surface area (Å²) in [6, 6.07) is 7.23. The molecule has 3 heteroatoms. The van der Waals surface area contributed by atoms with Crippen molar-refractivity contribution in [2.75, 3.05) is 6.54 Å². The Bertz CT molecular complexity index is 426. The second-order valence-electron chi connectivity index (χ2n) is 3.15. The van der Waals surface area contributed by atoms with Gasteiger partial charge in [-0.25, -0.2) is 0 Å². The lowest BCUT2D eigenvalue weighted by Gasteiger charge is -2.12. The SMILES string of the molecule is C#CCNC(C#N)c1ccc(Cl)cc1C. The molecule has 0 fully saturated rings. The van der Waals surface area contributed by atoms with Crippen LogP contribution >= 0.6 is 11.6 Å². The van der Waals surface area contributed by atoms with Crippen LogP contribution in [0.3, 0.4) is 0 Å². The molecule has 76 valence electrons. The number of nitriles is 1. The summed E-state index contributed by atoms with van der Waals surface area (Å²) in [7, 11) is 0. The highest BCUT2D eigenvalue weighted by atomic mass is 35.5. The molecule has 0 saturated carbocycles. The monoisotopic (exact) mass is 218 g/mol. The van der Waals surface area contributed by atoms with Crippen LogP contribution in [0.25, 0.3) is 0 Å². The number of benzene rings is 1. The van der Waals surface area contributed by atoms with Crippen molar-refractivity contribution in [3.05, 3.63) is 34.3 Å². The molecular formula is C12H11ClN2. The van der Waals surface area contributed by atoms with E-state index >= 15 is 0 Å². The van der Waals surface area contributed by atoms with Crippen molar-refractivity contribution in [2.24, 2.45) is 0 Å². The minimum Gasteiger partial charge on any atom is -0.287 e. The second-order valence-corrected chi connectivity index (χ2v) is 3.58. The number of nitrogens with one attached hydrogen (secondary N) is 1. The molecule has 1 rings (SSSR count). The first-order valence-corrected chi connectivity index (χ1v) is 4.89. The van der Waals surface area contributed by atoms with Crippen LogP contribution in [0.15, 0.2) is 18.2 Å².